The summed E-state index contributed by atoms with van der Waals surface area (Å²) in [5.74, 6) is 0.668. The molecule has 0 aromatic carbocycles. The first-order valence-corrected chi connectivity index (χ1v) is 5.91. The lowest BCUT2D eigenvalue weighted by molar-refractivity contribution is -0.124. The van der Waals surface area contributed by atoms with E-state index >= 15 is 0 Å². The molecule has 0 aliphatic heterocycles. The molecule has 1 fully saturated rings. The van der Waals surface area contributed by atoms with E-state index in [4.69, 9.17) is 0 Å². The minimum atomic E-state index is -0.0761. The van der Waals surface area contributed by atoms with Crippen LogP contribution in [0.15, 0.2) is 0 Å². The summed E-state index contributed by atoms with van der Waals surface area (Å²) in [7, 11) is 0. The van der Waals surface area contributed by atoms with Gasteiger partial charge in [-0.05, 0) is 45.4 Å². The van der Waals surface area contributed by atoms with E-state index in [1.807, 2.05) is 0 Å². The van der Waals surface area contributed by atoms with Crippen LogP contribution >= 0.6 is 0 Å². The fourth-order valence-electron chi connectivity index (χ4n) is 3.03. The molecule has 1 aliphatic rings. The van der Waals surface area contributed by atoms with Gasteiger partial charge in [-0.2, -0.15) is 0 Å². The van der Waals surface area contributed by atoms with Crippen LogP contribution in [-0.2, 0) is 14.4 Å². The average Bonchev–Trinajstić information content (AvgIpc) is 2.45. The lowest BCUT2D eigenvalue weighted by Gasteiger charge is -2.20. The van der Waals surface area contributed by atoms with Gasteiger partial charge in [-0.15, -0.1) is 0 Å². The van der Waals surface area contributed by atoms with Gasteiger partial charge in [0.05, 0.1) is 0 Å². The predicted molar refractivity (Wildman–Crippen MR) is 61.0 cm³/mol. The third-order valence-corrected chi connectivity index (χ3v) is 3.49. The van der Waals surface area contributed by atoms with E-state index in [1.165, 1.54) is 0 Å². The van der Waals surface area contributed by atoms with Gasteiger partial charge in [0.15, 0.2) is 0 Å². The number of hydrogen-bond donors (Lipinski definition) is 0. The van der Waals surface area contributed by atoms with Gasteiger partial charge in [0.1, 0.15) is 17.3 Å². The largest absolute Gasteiger partial charge is 0.300 e. The van der Waals surface area contributed by atoms with Crippen molar-refractivity contribution in [2.24, 2.45) is 17.8 Å². The van der Waals surface area contributed by atoms with Crippen LogP contribution in [0, 0.1) is 17.8 Å². The van der Waals surface area contributed by atoms with Crippen molar-refractivity contribution in [2.45, 2.75) is 46.5 Å². The zero-order chi connectivity index (χ0) is 12.3. The van der Waals surface area contributed by atoms with E-state index < -0.39 is 0 Å². The van der Waals surface area contributed by atoms with Gasteiger partial charge in [0.2, 0.25) is 0 Å². The molecule has 2 atom stereocenters. The predicted octanol–water partition coefficient (Wildman–Crippen LogP) is 2.18. The number of rotatable bonds is 5. The number of carbonyl (C=O) groups is 3. The number of hydrogen-bond acceptors (Lipinski definition) is 3. The van der Waals surface area contributed by atoms with Crippen molar-refractivity contribution in [1.82, 2.24) is 0 Å². The highest BCUT2D eigenvalue weighted by atomic mass is 16.1. The summed E-state index contributed by atoms with van der Waals surface area (Å²) in [6.07, 6.45) is 2.78. The molecule has 1 saturated carbocycles. The minimum absolute atomic E-state index is 0.0761. The van der Waals surface area contributed by atoms with Crippen LogP contribution < -0.4 is 0 Å². The molecule has 0 bridgehead atoms. The number of carbonyl (C=O) groups excluding carboxylic acids is 3. The van der Waals surface area contributed by atoms with Gasteiger partial charge < -0.3 is 9.59 Å². The Morgan fingerprint density at radius 2 is 1.25 bits per heavy atom. The van der Waals surface area contributed by atoms with Crippen molar-refractivity contribution < 1.29 is 14.4 Å². The van der Waals surface area contributed by atoms with E-state index in [2.05, 4.69) is 0 Å². The quantitative estimate of drug-likeness (QED) is 0.719. The van der Waals surface area contributed by atoms with Gasteiger partial charge >= 0.3 is 0 Å². The first-order chi connectivity index (χ1) is 7.41. The molecule has 0 unspecified atom stereocenters. The molecular weight excluding hydrogens is 204 g/mol. The van der Waals surface area contributed by atoms with Crippen LogP contribution in [0.2, 0.25) is 0 Å². The Labute approximate surface area is 96.6 Å². The van der Waals surface area contributed by atoms with Crippen molar-refractivity contribution in [2.75, 3.05) is 0 Å². The highest BCUT2D eigenvalue weighted by molar-refractivity contribution is 5.83. The Bertz CT molecular complexity index is 282. The fourth-order valence-corrected chi connectivity index (χ4v) is 3.03. The fraction of sp³-hybridized carbons (Fsp3) is 0.769. The summed E-state index contributed by atoms with van der Waals surface area (Å²) in [5.41, 5.74) is 0. The van der Waals surface area contributed by atoms with Crippen molar-refractivity contribution in [3.05, 3.63) is 0 Å². The van der Waals surface area contributed by atoms with Gasteiger partial charge in [-0.25, -0.2) is 0 Å². The van der Waals surface area contributed by atoms with Crippen LogP contribution in [0.25, 0.3) is 0 Å². The zero-order valence-corrected chi connectivity index (χ0v) is 10.3. The van der Waals surface area contributed by atoms with Crippen LogP contribution in [0.3, 0.4) is 0 Å². The first-order valence-electron chi connectivity index (χ1n) is 5.91. The van der Waals surface area contributed by atoms with Crippen molar-refractivity contribution in [3.63, 3.8) is 0 Å². The molecule has 0 aromatic rings. The Kier molecular flexibility index (Phi) is 4.39. The maximum absolute atomic E-state index is 11.6. The summed E-state index contributed by atoms with van der Waals surface area (Å²) >= 11 is 0. The van der Waals surface area contributed by atoms with E-state index in [0.717, 1.165) is 12.8 Å². The summed E-state index contributed by atoms with van der Waals surface area (Å²) in [4.78, 5) is 33.8. The molecule has 0 heterocycles. The maximum atomic E-state index is 11.6. The third kappa shape index (κ3) is 3.26. The van der Waals surface area contributed by atoms with E-state index in [-0.39, 0.29) is 35.1 Å². The van der Waals surface area contributed by atoms with Crippen LogP contribution in [0.4, 0.5) is 0 Å². The molecule has 0 aromatic heterocycles. The van der Waals surface area contributed by atoms with Gasteiger partial charge in [-0.1, -0.05) is 0 Å². The SMILES string of the molecule is CC(=O)C[C@@H]1CC[C@@H](CC(C)=O)C1C(C)=O. The summed E-state index contributed by atoms with van der Waals surface area (Å²) in [6.45, 7) is 4.71. The molecule has 16 heavy (non-hydrogen) atoms. The molecule has 90 valence electrons. The van der Waals surface area contributed by atoms with Gasteiger partial charge in [-0.3, -0.25) is 4.79 Å². The average molecular weight is 224 g/mol. The third-order valence-electron chi connectivity index (χ3n) is 3.49. The number of Topliss-reactive ketones (excluding diaryl/α,β-unsaturated/α-hetero) is 3. The van der Waals surface area contributed by atoms with Crippen molar-refractivity contribution >= 4 is 17.3 Å². The highest BCUT2D eigenvalue weighted by Crippen LogP contribution is 2.41. The topological polar surface area (TPSA) is 51.2 Å². The number of ketones is 3. The Hall–Kier alpha value is -0.990. The van der Waals surface area contributed by atoms with Crippen LogP contribution in [0.1, 0.15) is 46.5 Å². The zero-order valence-electron chi connectivity index (χ0n) is 10.3. The summed E-state index contributed by atoms with van der Waals surface area (Å²) in [6, 6.07) is 0. The normalized spacial score (nSPS) is 25.7. The molecule has 1 aliphatic carbocycles. The van der Waals surface area contributed by atoms with Crippen LogP contribution in [0.5, 0.6) is 0 Å². The van der Waals surface area contributed by atoms with Crippen molar-refractivity contribution in [1.29, 1.82) is 0 Å². The Morgan fingerprint density at radius 3 is 1.50 bits per heavy atom. The van der Waals surface area contributed by atoms with Crippen molar-refractivity contribution in [3.8, 4) is 0 Å². The molecular formula is C13H20O3. The Balaban J connectivity index is 2.72. The lowest BCUT2D eigenvalue weighted by Crippen LogP contribution is -2.25. The molecule has 0 amide bonds. The standard InChI is InChI=1S/C13H20O3/c1-8(14)6-11-4-5-12(7-9(2)15)13(11)10(3)16/h11-13H,4-7H2,1-3H3/t11-,12-/m0/s1. The van der Waals surface area contributed by atoms with E-state index in [0.29, 0.717) is 12.8 Å². The second-order valence-corrected chi connectivity index (χ2v) is 5.05. The molecule has 0 N–H and O–H groups in total. The molecule has 0 spiro atoms. The lowest BCUT2D eigenvalue weighted by atomic mass is 9.82. The smallest absolute Gasteiger partial charge is 0.133 e. The molecule has 0 saturated heterocycles. The highest BCUT2D eigenvalue weighted by Gasteiger charge is 2.39. The second-order valence-electron chi connectivity index (χ2n) is 5.05. The molecule has 3 nitrogen and oxygen atoms in total. The first kappa shape index (κ1) is 13.1. The second kappa shape index (κ2) is 5.37. The van der Waals surface area contributed by atoms with Gasteiger partial charge in [0, 0.05) is 18.8 Å². The van der Waals surface area contributed by atoms with Crippen LogP contribution in [-0.4, -0.2) is 17.3 Å². The maximum Gasteiger partial charge on any atom is 0.133 e. The summed E-state index contributed by atoms with van der Waals surface area (Å²) < 4.78 is 0. The minimum Gasteiger partial charge on any atom is -0.300 e. The van der Waals surface area contributed by atoms with E-state index in [1.54, 1.807) is 20.8 Å². The van der Waals surface area contributed by atoms with E-state index in [9.17, 15) is 14.4 Å². The molecule has 0 radical (unpaired) electrons. The monoisotopic (exact) mass is 224 g/mol. The van der Waals surface area contributed by atoms with Gasteiger partial charge in [0.25, 0.3) is 0 Å². The summed E-state index contributed by atoms with van der Waals surface area (Å²) in [5, 5.41) is 0. The Morgan fingerprint density at radius 1 is 0.875 bits per heavy atom. The molecule has 3 heteroatoms. The molecule has 1 rings (SSSR count).